The van der Waals surface area contributed by atoms with Crippen molar-refractivity contribution in [1.29, 1.82) is 0 Å². The maximum Gasteiger partial charge on any atom is 0.247 e. The van der Waals surface area contributed by atoms with Gasteiger partial charge in [-0.1, -0.05) is 50.6 Å². The van der Waals surface area contributed by atoms with Gasteiger partial charge in [0.15, 0.2) is 0 Å². The van der Waals surface area contributed by atoms with Crippen LogP contribution in [0.2, 0.25) is 0 Å². The zero-order valence-corrected chi connectivity index (χ0v) is 20.3. The van der Waals surface area contributed by atoms with Crippen LogP contribution in [0.3, 0.4) is 0 Å². The van der Waals surface area contributed by atoms with E-state index in [1.54, 1.807) is 7.11 Å². The van der Waals surface area contributed by atoms with Crippen molar-refractivity contribution in [3.8, 4) is 0 Å². The van der Waals surface area contributed by atoms with E-state index in [1.165, 1.54) is 5.57 Å². The molecule has 1 aliphatic heterocycles. The van der Waals surface area contributed by atoms with E-state index in [4.69, 9.17) is 16.3 Å². The topological polar surface area (TPSA) is 122 Å². The van der Waals surface area contributed by atoms with E-state index in [-0.39, 0.29) is 42.2 Å². The minimum absolute atomic E-state index is 0. The average molecular weight is 487 g/mol. The van der Waals surface area contributed by atoms with Crippen LogP contribution in [0.4, 0.5) is 0 Å². The Morgan fingerprint density at radius 3 is 2.55 bits per heavy atom. The molecule has 0 aromatic rings. The molecular weight excluding hydrogens is 444 g/mol. The van der Waals surface area contributed by atoms with Crippen LogP contribution in [0.15, 0.2) is 34.4 Å². The first-order valence-corrected chi connectivity index (χ1v) is 11.5. The minimum Gasteiger partial charge on any atom is -0.412 e. The minimum atomic E-state index is -0.116. The Balaban J connectivity index is 0.00000341. The Labute approximate surface area is 203 Å². The summed E-state index contributed by atoms with van der Waals surface area (Å²) in [5.41, 5.74) is 2.23. The van der Waals surface area contributed by atoms with Crippen LogP contribution in [-0.4, -0.2) is 61.0 Å². The van der Waals surface area contributed by atoms with Gasteiger partial charge in [0.1, 0.15) is 0 Å². The summed E-state index contributed by atoms with van der Waals surface area (Å²) in [6.07, 6.45) is 11.7. The molecule has 0 spiro atoms. The Morgan fingerprint density at radius 2 is 1.94 bits per heavy atom. The maximum absolute atomic E-state index is 12.8. The molecule has 1 heterocycles. The van der Waals surface area contributed by atoms with E-state index >= 15 is 0 Å². The molecule has 1 fully saturated rings. The number of methoxy groups -OCH3 is 1. The zero-order chi connectivity index (χ0) is 21.7. The highest BCUT2D eigenvalue weighted by Gasteiger charge is 2.39. The van der Waals surface area contributed by atoms with Crippen LogP contribution < -0.4 is 5.32 Å². The monoisotopic (exact) mass is 486 g/mol. The van der Waals surface area contributed by atoms with Crippen molar-refractivity contribution in [3.05, 3.63) is 34.4 Å². The Bertz CT molecular complexity index is 760. The summed E-state index contributed by atoms with van der Waals surface area (Å²) >= 11 is 6.12. The normalized spacial score (nSPS) is 24.0. The van der Waals surface area contributed by atoms with Gasteiger partial charge in [0.05, 0.1) is 6.54 Å². The number of nitrogens with zero attached hydrogens (tertiary/aromatic N) is 1. The molecule has 3 rings (SSSR count). The van der Waals surface area contributed by atoms with Gasteiger partial charge >= 0.3 is 0 Å². The van der Waals surface area contributed by atoms with Gasteiger partial charge < -0.3 is 25.9 Å². The highest BCUT2D eigenvalue weighted by atomic mass is 35.5. The molecule has 0 saturated carbocycles. The first-order chi connectivity index (χ1) is 14.3. The second-order valence-electron chi connectivity index (χ2n) is 9.52. The molecular formula is C25H43ClN2O5. The van der Waals surface area contributed by atoms with Crippen molar-refractivity contribution in [2.45, 2.75) is 59.8 Å². The van der Waals surface area contributed by atoms with Gasteiger partial charge in [0.2, 0.25) is 11.8 Å². The molecule has 2 unspecified atom stereocenters. The quantitative estimate of drug-likeness (QED) is 0.620. The summed E-state index contributed by atoms with van der Waals surface area (Å²) in [6, 6.07) is 0. The third-order valence-electron chi connectivity index (χ3n) is 6.73. The predicted octanol–water partition coefficient (Wildman–Crippen LogP) is 3.18. The van der Waals surface area contributed by atoms with Gasteiger partial charge in [-0.3, -0.25) is 9.59 Å². The lowest BCUT2D eigenvalue weighted by Gasteiger charge is -2.46. The molecule has 0 radical (unpaired) electrons. The third-order valence-corrected chi connectivity index (χ3v) is 7.04. The van der Waals surface area contributed by atoms with Gasteiger partial charge in [0.25, 0.3) is 0 Å². The van der Waals surface area contributed by atoms with Crippen LogP contribution >= 0.6 is 11.6 Å². The van der Waals surface area contributed by atoms with Crippen LogP contribution in [0.5, 0.6) is 0 Å². The molecule has 3 aliphatic rings. The fraction of sp³-hybridized carbons (Fsp3) is 0.680. The highest BCUT2D eigenvalue weighted by Crippen LogP contribution is 2.42. The zero-order valence-electron chi connectivity index (χ0n) is 19.5. The van der Waals surface area contributed by atoms with E-state index in [1.807, 2.05) is 17.1 Å². The first-order valence-electron chi connectivity index (χ1n) is 11.1. The van der Waals surface area contributed by atoms with Gasteiger partial charge in [0, 0.05) is 37.4 Å². The highest BCUT2D eigenvalue weighted by molar-refractivity contribution is 6.29. The number of rotatable bonds is 6. The van der Waals surface area contributed by atoms with E-state index < -0.39 is 0 Å². The number of piperidine rings is 1. The first kappa shape index (κ1) is 31.3. The number of halogens is 1. The largest absolute Gasteiger partial charge is 0.412 e. The van der Waals surface area contributed by atoms with Gasteiger partial charge in [-0.15, -0.1) is 0 Å². The lowest BCUT2D eigenvalue weighted by Crippen LogP contribution is -2.51. The third kappa shape index (κ3) is 8.25. The van der Waals surface area contributed by atoms with Gasteiger partial charge in [-0.2, -0.15) is 0 Å². The number of nitrogens with one attached hydrogen (secondary N) is 1. The number of amides is 2. The predicted molar refractivity (Wildman–Crippen MR) is 134 cm³/mol. The molecule has 7 nitrogen and oxygen atoms in total. The number of likely N-dealkylation sites (tertiary alicyclic amines) is 1. The maximum atomic E-state index is 12.8. The lowest BCUT2D eigenvalue weighted by atomic mass is 9.68. The molecule has 2 aliphatic carbocycles. The number of carbonyl (C=O) groups excluding carboxylic acids is 2. The molecule has 8 heteroatoms. The van der Waals surface area contributed by atoms with Crippen LogP contribution in [-0.2, 0) is 14.3 Å². The lowest BCUT2D eigenvalue weighted by molar-refractivity contribution is -0.135. The second kappa shape index (κ2) is 13.9. The summed E-state index contributed by atoms with van der Waals surface area (Å²) in [7, 11) is 1.69. The molecule has 190 valence electrons. The van der Waals surface area contributed by atoms with Crippen molar-refractivity contribution in [1.82, 2.24) is 10.2 Å². The van der Waals surface area contributed by atoms with Crippen molar-refractivity contribution in [2.24, 2.45) is 17.3 Å². The van der Waals surface area contributed by atoms with Crippen LogP contribution in [0, 0.1) is 17.3 Å². The summed E-state index contributed by atoms with van der Waals surface area (Å²) < 4.78 is 5.23. The second-order valence-corrected chi connectivity index (χ2v) is 10.0. The standard InChI is InChI=1S/C24H35ClN2O3.CH4.2H2O/c1-24(2)16-27(12-11-21(24)18-7-9-20(25)10-8-18)22(28)14-26-23(29)19-6-4-5-17(13-19)15-30-3;;;/h6-7,9,17,21H,4-5,8,10-16H2,1-3H3,(H,26,29);1H4;2*1H2. The number of allylic oxidation sites excluding steroid dienone is 5. The molecule has 2 atom stereocenters. The van der Waals surface area contributed by atoms with E-state index in [2.05, 4.69) is 25.2 Å². The van der Waals surface area contributed by atoms with Crippen molar-refractivity contribution >= 4 is 23.4 Å². The van der Waals surface area contributed by atoms with Crippen molar-refractivity contribution in [3.63, 3.8) is 0 Å². The van der Waals surface area contributed by atoms with Crippen LogP contribution in [0.25, 0.3) is 0 Å². The molecule has 0 aromatic carbocycles. The van der Waals surface area contributed by atoms with E-state index in [9.17, 15) is 9.59 Å². The van der Waals surface area contributed by atoms with E-state index in [0.717, 1.165) is 55.7 Å². The molecule has 33 heavy (non-hydrogen) atoms. The molecule has 5 N–H and O–H groups in total. The number of hydrogen-bond acceptors (Lipinski definition) is 3. The summed E-state index contributed by atoms with van der Waals surface area (Å²) in [4.78, 5) is 27.2. The number of carbonyl (C=O) groups is 2. The molecule has 0 bridgehead atoms. The fourth-order valence-corrected chi connectivity index (χ4v) is 5.27. The Morgan fingerprint density at radius 1 is 1.21 bits per heavy atom. The Hall–Kier alpha value is -1.67. The molecule has 1 saturated heterocycles. The molecule has 0 aromatic heterocycles. The summed E-state index contributed by atoms with van der Waals surface area (Å²) in [6.45, 7) is 6.65. The van der Waals surface area contributed by atoms with Crippen LogP contribution in [0.1, 0.15) is 59.8 Å². The Kier molecular flexibility index (Phi) is 13.2. The van der Waals surface area contributed by atoms with Gasteiger partial charge in [-0.05, 0) is 61.9 Å². The number of hydrogen-bond donors (Lipinski definition) is 1. The van der Waals surface area contributed by atoms with Gasteiger partial charge in [-0.25, -0.2) is 0 Å². The van der Waals surface area contributed by atoms with Crippen molar-refractivity contribution in [2.75, 3.05) is 33.4 Å². The summed E-state index contributed by atoms with van der Waals surface area (Å²) in [5, 5.41) is 3.76. The SMILES string of the molecule is C.COCC1CCC=C(C(=O)NCC(=O)N2CCC(C3=CC=C(Cl)CC3)C(C)(C)C2)C1.O.O. The fourth-order valence-electron chi connectivity index (χ4n) is 5.11. The molecule has 2 amide bonds. The average Bonchev–Trinajstić information content (AvgIpc) is 2.72. The smallest absolute Gasteiger partial charge is 0.247 e. The van der Waals surface area contributed by atoms with Crippen molar-refractivity contribution < 1.29 is 25.3 Å². The summed E-state index contributed by atoms with van der Waals surface area (Å²) in [5.74, 6) is 0.729. The van der Waals surface area contributed by atoms with E-state index in [0.29, 0.717) is 25.0 Å². The number of ether oxygens (including phenoxy) is 1.